The maximum Gasteiger partial charge on any atom is 0.241 e. The quantitative estimate of drug-likeness (QED) is 0.696. The summed E-state index contributed by atoms with van der Waals surface area (Å²) in [4.78, 5) is 16.5. The van der Waals surface area contributed by atoms with Gasteiger partial charge in [-0.25, -0.2) is 12.8 Å². The van der Waals surface area contributed by atoms with Gasteiger partial charge in [-0.3, -0.25) is 9.69 Å². The van der Waals surface area contributed by atoms with Crippen molar-refractivity contribution in [2.75, 3.05) is 43.4 Å². The van der Waals surface area contributed by atoms with Crippen LogP contribution in [0.1, 0.15) is 39.7 Å². The van der Waals surface area contributed by atoms with Crippen LogP contribution in [0.3, 0.4) is 0 Å². The van der Waals surface area contributed by atoms with Crippen LogP contribution in [0.2, 0.25) is 0 Å². The largest absolute Gasteiger partial charge is 0.312 e. The molecule has 0 bridgehead atoms. The number of anilines is 1. The first-order valence-corrected chi connectivity index (χ1v) is 11.5. The molecule has 0 radical (unpaired) electrons. The highest BCUT2D eigenvalue weighted by Crippen LogP contribution is 2.42. The average Bonchev–Trinajstić information content (AvgIpc) is 2.85. The normalized spacial score (nSPS) is 20.8. The van der Waals surface area contributed by atoms with Gasteiger partial charge in [0.1, 0.15) is 10.7 Å². The van der Waals surface area contributed by atoms with Crippen molar-refractivity contribution >= 4 is 46.2 Å². The minimum atomic E-state index is -3.72. The van der Waals surface area contributed by atoms with Gasteiger partial charge in [0.15, 0.2) is 9.84 Å². The molecule has 30 heavy (non-hydrogen) atoms. The number of halogens is 3. The number of sulfone groups is 1. The summed E-state index contributed by atoms with van der Waals surface area (Å²) in [5.74, 6) is -0.921. The molecule has 1 aromatic carbocycles. The molecule has 1 saturated heterocycles. The third kappa shape index (κ3) is 5.46. The van der Waals surface area contributed by atoms with Crippen LogP contribution in [0.4, 0.5) is 10.1 Å². The van der Waals surface area contributed by atoms with Gasteiger partial charge < -0.3 is 10.2 Å². The maximum absolute atomic E-state index is 14.7. The van der Waals surface area contributed by atoms with Crippen molar-refractivity contribution in [2.45, 2.75) is 50.5 Å². The fourth-order valence-electron chi connectivity index (χ4n) is 4.15. The molecule has 6 nitrogen and oxygen atoms in total. The molecule has 1 aromatic rings. The lowest BCUT2D eigenvalue weighted by Crippen LogP contribution is -2.52. The number of nitrogens with one attached hydrogen (secondary N) is 1. The molecule has 1 fully saturated rings. The zero-order valence-corrected chi connectivity index (χ0v) is 20.4. The van der Waals surface area contributed by atoms with E-state index in [4.69, 9.17) is 0 Å². The van der Waals surface area contributed by atoms with Crippen LogP contribution in [0.25, 0.3) is 0 Å². The molecule has 2 aliphatic rings. The van der Waals surface area contributed by atoms with E-state index in [0.717, 1.165) is 19.6 Å². The Bertz CT molecular complexity index is 880. The van der Waals surface area contributed by atoms with Gasteiger partial charge in [0.25, 0.3) is 0 Å². The molecule has 172 valence electrons. The Morgan fingerprint density at radius 3 is 2.57 bits per heavy atom. The second-order valence-corrected chi connectivity index (χ2v) is 10.7. The topological polar surface area (TPSA) is 69.7 Å². The molecule has 10 heteroatoms. The van der Waals surface area contributed by atoms with Gasteiger partial charge in [-0.05, 0) is 31.0 Å². The maximum atomic E-state index is 14.7. The minimum absolute atomic E-state index is 0. The van der Waals surface area contributed by atoms with Gasteiger partial charge in [0.2, 0.25) is 5.91 Å². The molecule has 1 N–H and O–H groups in total. The van der Waals surface area contributed by atoms with Gasteiger partial charge in [-0.15, -0.1) is 24.8 Å². The van der Waals surface area contributed by atoms with Crippen LogP contribution in [0.5, 0.6) is 0 Å². The number of benzene rings is 1. The van der Waals surface area contributed by atoms with Crippen molar-refractivity contribution in [1.29, 1.82) is 0 Å². The summed E-state index contributed by atoms with van der Waals surface area (Å²) in [6.45, 7) is 10.8. The Balaban J connectivity index is 0.00000225. The number of piperazine rings is 1. The van der Waals surface area contributed by atoms with E-state index in [2.05, 4.69) is 17.1 Å². The lowest BCUT2D eigenvalue weighted by molar-refractivity contribution is -0.120. The van der Waals surface area contributed by atoms with Crippen molar-refractivity contribution in [2.24, 2.45) is 0 Å². The number of hydrogen-bond acceptors (Lipinski definition) is 5. The third-order valence-corrected chi connectivity index (χ3v) is 7.47. The van der Waals surface area contributed by atoms with Crippen LogP contribution >= 0.6 is 24.8 Å². The summed E-state index contributed by atoms with van der Waals surface area (Å²) in [6, 6.07) is 2.99. The van der Waals surface area contributed by atoms with Crippen LogP contribution in [0.15, 0.2) is 17.0 Å². The van der Waals surface area contributed by atoms with Gasteiger partial charge in [0, 0.05) is 43.3 Å². The molecule has 0 saturated carbocycles. The van der Waals surface area contributed by atoms with Crippen molar-refractivity contribution < 1.29 is 17.6 Å². The summed E-state index contributed by atoms with van der Waals surface area (Å²) < 4.78 is 39.6. The lowest BCUT2D eigenvalue weighted by atomic mass is 9.87. The van der Waals surface area contributed by atoms with E-state index in [9.17, 15) is 17.6 Å². The minimum Gasteiger partial charge on any atom is -0.312 e. The molecular formula is C20H32Cl2FN3O3S. The number of rotatable bonds is 5. The molecule has 1 amide bonds. The number of fused-ring (bicyclic) bond motifs is 1. The first-order chi connectivity index (χ1) is 13.0. The molecule has 0 unspecified atom stereocenters. The summed E-state index contributed by atoms with van der Waals surface area (Å²) in [5, 5.41) is 3.35. The Kier molecular flexibility index (Phi) is 9.15. The van der Waals surface area contributed by atoms with Crippen molar-refractivity contribution in [3.63, 3.8) is 0 Å². The molecule has 2 aliphatic heterocycles. The second-order valence-electron chi connectivity index (χ2n) is 8.57. The number of hydrogen-bond donors (Lipinski definition) is 1. The summed E-state index contributed by atoms with van der Waals surface area (Å²) in [5.41, 5.74) is 0.770. The van der Waals surface area contributed by atoms with Gasteiger partial charge >= 0.3 is 0 Å². The molecule has 2 heterocycles. The average molecular weight is 484 g/mol. The lowest BCUT2D eigenvalue weighted by Gasteiger charge is -2.32. The zero-order valence-electron chi connectivity index (χ0n) is 17.9. The summed E-state index contributed by atoms with van der Waals surface area (Å²) in [6.07, 6.45) is 0.411. The van der Waals surface area contributed by atoms with Crippen molar-refractivity contribution in [3.05, 3.63) is 23.5 Å². The molecule has 0 aliphatic carbocycles. The second kappa shape index (κ2) is 10.1. The van der Waals surface area contributed by atoms with E-state index in [1.165, 1.54) is 12.1 Å². The number of carbonyl (C=O) groups excluding carboxylic acids is 1. The highest BCUT2D eigenvalue weighted by Gasteiger charge is 2.40. The van der Waals surface area contributed by atoms with Crippen LogP contribution in [-0.2, 0) is 20.0 Å². The van der Waals surface area contributed by atoms with Crippen molar-refractivity contribution in [3.8, 4) is 0 Å². The van der Waals surface area contributed by atoms with E-state index >= 15 is 0 Å². The van der Waals surface area contributed by atoms with Crippen LogP contribution in [0, 0.1) is 5.82 Å². The fourth-order valence-corrected chi connectivity index (χ4v) is 5.55. The predicted molar refractivity (Wildman–Crippen MR) is 123 cm³/mol. The summed E-state index contributed by atoms with van der Waals surface area (Å²) in [7, 11) is -3.72. The number of amides is 1. The highest BCUT2D eigenvalue weighted by atomic mass is 35.5. The molecule has 3 rings (SSSR count). The van der Waals surface area contributed by atoms with E-state index in [1.54, 1.807) is 11.8 Å². The number of carbonyl (C=O) groups is 1. The fraction of sp³-hybridized carbons (Fsp3) is 0.650. The predicted octanol–water partition coefficient (Wildman–Crippen LogP) is 2.77. The van der Waals surface area contributed by atoms with Crippen LogP contribution < -0.4 is 10.2 Å². The Hall–Kier alpha value is -0.930. The monoisotopic (exact) mass is 483 g/mol. The molecule has 0 spiro atoms. The molecular weight excluding hydrogens is 452 g/mol. The van der Waals surface area contributed by atoms with Crippen LogP contribution in [-0.4, -0.2) is 63.7 Å². The standard InChI is InChI=1S/C20H30FN3O3S.2ClH/c1-5-8-28(26,27)18-10-17-15(9-16(18)21)20(3,4)13-24(17)19(25)12-23-7-6-22-14(2)11-23;;/h9-10,14,22H,5-8,11-13H2,1-4H3;2*1H/t14-;;/m1../s1. The van der Waals surface area contributed by atoms with E-state index in [0.29, 0.717) is 30.3 Å². The van der Waals surface area contributed by atoms with E-state index in [-0.39, 0.29) is 47.9 Å². The Labute approximate surface area is 191 Å². The van der Waals surface area contributed by atoms with E-state index < -0.39 is 21.1 Å². The molecule has 0 aromatic heterocycles. The highest BCUT2D eigenvalue weighted by molar-refractivity contribution is 7.91. The van der Waals surface area contributed by atoms with E-state index in [1.807, 2.05) is 13.8 Å². The van der Waals surface area contributed by atoms with Crippen molar-refractivity contribution in [1.82, 2.24) is 10.2 Å². The molecule has 1 atom stereocenters. The van der Waals surface area contributed by atoms with Gasteiger partial charge in [0.05, 0.1) is 12.3 Å². The SMILES string of the molecule is CCCS(=O)(=O)c1cc2c(cc1F)C(C)(C)CN2C(=O)CN1CCN[C@H](C)C1.Cl.Cl. The Morgan fingerprint density at radius 2 is 1.97 bits per heavy atom. The summed E-state index contributed by atoms with van der Waals surface area (Å²) >= 11 is 0. The Morgan fingerprint density at radius 1 is 1.30 bits per heavy atom. The first kappa shape index (κ1) is 27.1. The third-order valence-electron chi connectivity index (χ3n) is 5.54. The number of nitrogens with zero attached hydrogens (tertiary/aromatic N) is 2. The first-order valence-electron chi connectivity index (χ1n) is 9.88. The zero-order chi connectivity index (χ0) is 20.7. The van der Waals surface area contributed by atoms with Gasteiger partial charge in [-0.2, -0.15) is 0 Å². The van der Waals surface area contributed by atoms with Gasteiger partial charge in [-0.1, -0.05) is 20.8 Å². The smallest absolute Gasteiger partial charge is 0.241 e.